The Morgan fingerprint density at radius 3 is 2.86 bits per heavy atom. The summed E-state index contributed by atoms with van der Waals surface area (Å²) in [7, 11) is 2.20. The second-order valence-electron chi connectivity index (χ2n) is 6.25. The highest BCUT2D eigenvalue weighted by Crippen LogP contribution is 2.38. The van der Waals surface area contributed by atoms with Crippen LogP contribution in [0.2, 0.25) is 5.02 Å². The van der Waals surface area contributed by atoms with Crippen LogP contribution < -0.4 is 0 Å². The molecule has 0 amide bonds. The lowest BCUT2D eigenvalue weighted by molar-refractivity contribution is 0.261. The number of rotatable bonds is 1. The third-order valence-electron chi connectivity index (χ3n) is 4.69. The van der Waals surface area contributed by atoms with Crippen molar-refractivity contribution in [1.29, 1.82) is 0 Å². The fraction of sp³-hybridized carbons (Fsp3) is 0.263. The van der Waals surface area contributed by atoms with Gasteiger partial charge in [0.2, 0.25) is 0 Å². The Bertz CT molecular complexity index is 850. The molecular weight excluding hydrogens is 292 g/mol. The van der Waals surface area contributed by atoms with Gasteiger partial charge in [-0.15, -0.1) is 0 Å². The van der Waals surface area contributed by atoms with Crippen molar-refractivity contribution in [3.05, 3.63) is 69.9 Å². The molecule has 1 aromatic heterocycles. The van der Waals surface area contributed by atoms with Crippen molar-refractivity contribution in [2.24, 2.45) is 0 Å². The van der Waals surface area contributed by atoms with Crippen LogP contribution in [0.3, 0.4) is 0 Å². The van der Waals surface area contributed by atoms with Gasteiger partial charge in [-0.2, -0.15) is 0 Å². The molecule has 0 bridgehead atoms. The largest absolute Gasteiger partial charge is 0.357 e. The van der Waals surface area contributed by atoms with Crippen LogP contribution in [0.25, 0.3) is 10.9 Å². The van der Waals surface area contributed by atoms with E-state index in [1.165, 1.54) is 33.3 Å². The maximum atomic E-state index is 6.20. The number of H-pyrrole nitrogens is 1. The number of aryl methyl sites for hydroxylation is 1. The molecule has 22 heavy (non-hydrogen) atoms. The van der Waals surface area contributed by atoms with Crippen LogP contribution in [0, 0.1) is 6.92 Å². The van der Waals surface area contributed by atoms with Crippen LogP contribution in [0.15, 0.2) is 42.5 Å². The molecule has 0 fully saturated rings. The quantitative estimate of drug-likeness (QED) is 0.690. The van der Waals surface area contributed by atoms with Crippen molar-refractivity contribution in [2.75, 3.05) is 13.6 Å². The zero-order valence-electron chi connectivity index (χ0n) is 12.9. The highest BCUT2D eigenvalue weighted by Gasteiger charge is 2.29. The molecule has 3 heteroatoms. The third kappa shape index (κ3) is 2.15. The topological polar surface area (TPSA) is 19.0 Å². The van der Waals surface area contributed by atoms with Gasteiger partial charge < -0.3 is 4.98 Å². The molecule has 1 N–H and O–H groups in total. The lowest BCUT2D eigenvalue weighted by Gasteiger charge is -2.33. The van der Waals surface area contributed by atoms with E-state index in [1.54, 1.807) is 0 Å². The number of benzene rings is 2. The van der Waals surface area contributed by atoms with Crippen LogP contribution >= 0.6 is 11.6 Å². The average Bonchev–Trinajstić information content (AvgIpc) is 2.84. The molecule has 1 atom stereocenters. The van der Waals surface area contributed by atoms with Gasteiger partial charge in [0.05, 0.1) is 6.04 Å². The fourth-order valence-electron chi connectivity index (χ4n) is 3.64. The first-order chi connectivity index (χ1) is 10.6. The van der Waals surface area contributed by atoms with Gasteiger partial charge in [-0.1, -0.05) is 41.4 Å². The third-order valence-corrected chi connectivity index (χ3v) is 4.92. The van der Waals surface area contributed by atoms with Crippen LogP contribution in [-0.2, 0) is 6.42 Å². The first kappa shape index (κ1) is 13.9. The van der Waals surface area contributed by atoms with Crippen LogP contribution in [0.5, 0.6) is 0 Å². The van der Waals surface area contributed by atoms with Gasteiger partial charge in [-0.3, -0.25) is 4.90 Å². The van der Waals surface area contributed by atoms with E-state index in [2.05, 4.69) is 60.3 Å². The van der Waals surface area contributed by atoms with Gasteiger partial charge in [0.1, 0.15) is 0 Å². The lowest BCUT2D eigenvalue weighted by atomic mass is 9.92. The SMILES string of the molecule is Cc1cccc(C2c3[nH]c4ccc(Cl)cc4c3CCN2C)c1. The Kier molecular flexibility index (Phi) is 3.24. The van der Waals surface area contributed by atoms with E-state index in [4.69, 9.17) is 11.6 Å². The minimum atomic E-state index is 0.287. The Balaban J connectivity index is 1.93. The van der Waals surface area contributed by atoms with E-state index in [1.807, 2.05) is 6.07 Å². The van der Waals surface area contributed by atoms with Gasteiger partial charge in [0, 0.05) is 28.2 Å². The summed E-state index contributed by atoms with van der Waals surface area (Å²) >= 11 is 6.20. The molecule has 0 spiro atoms. The molecule has 2 aromatic carbocycles. The molecule has 0 saturated heterocycles. The van der Waals surface area contributed by atoms with E-state index in [9.17, 15) is 0 Å². The van der Waals surface area contributed by atoms with Crippen molar-refractivity contribution in [3.8, 4) is 0 Å². The number of hydrogen-bond donors (Lipinski definition) is 1. The van der Waals surface area contributed by atoms with E-state index in [0.29, 0.717) is 0 Å². The summed E-state index contributed by atoms with van der Waals surface area (Å²) < 4.78 is 0. The minimum Gasteiger partial charge on any atom is -0.357 e. The van der Waals surface area contributed by atoms with Gasteiger partial charge in [-0.25, -0.2) is 0 Å². The van der Waals surface area contributed by atoms with Crippen LogP contribution in [-0.4, -0.2) is 23.5 Å². The van der Waals surface area contributed by atoms with Crippen molar-refractivity contribution < 1.29 is 0 Å². The Hall–Kier alpha value is -1.77. The zero-order valence-corrected chi connectivity index (χ0v) is 13.6. The molecule has 2 nitrogen and oxygen atoms in total. The molecule has 0 aliphatic carbocycles. The number of aromatic nitrogens is 1. The summed E-state index contributed by atoms with van der Waals surface area (Å²) in [6.45, 7) is 3.21. The van der Waals surface area contributed by atoms with E-state index in [-0.39, 0.29) is 6.04 Å². The lowest BCUT2D eigenvalue weighted by Crippen LogP contribution is -2.32. The molecule has 1 aliphatic rings. The molecule has 2 heterocycles. The summed E-state index contributed by atoms with van der Waals surface area (Å²) in [6, 6.07) is 15.2. The van der Waals surface area contributed by atoms with Crippen molar-refractivity contribution in [1.82, 2.24) is 9.88 Å². The predicted molar refractivity (Wildman–Crippen MR) is 92.7 cm³/mol. The summed E-state index contributed by atoms with van der Waals surface area (Å²) in [6.07, 6.45) is 1.06. The number of fused-ring (bicyclic) bond motifs is 3. The Morgan fingerprint density at radius 2 is 2.05 bits per heavy atom. The van der Waals surface area contributed by atoms with Crippen molar-refractivity contribution >= 4 is 22.5 Å². The molecule has 112 valence electrons. The maximum absolute atomic E-state index is 6.20. The smallest absolute Gasteiger partial charge is 0.0755 e. The summed E-state index contributed by atoms with van der Waals surface area (Å²) in [5.74, 6) is 0. The van der Waals surface area contributed by atoms with Gasteiger partial charge in [-0.05, 0) is 49.7 Å². The Morgan fingerprint density at radius 1 is 1.18 bits per heavy atom. The number of likely N-dealkylation sites (N-methyl/N-ethyl adjacent to an activating group) is 1. The zero-order chi connectivity index (χ0) is 15.3. The number of halogens is 1. The molecular formula is C19H19ClN2. The number of aromatic amines is 1. The number of nitrogens with one attached hydrogen (secondary N) is 1. The van der Waals surface area contributed by atoms with E-state index >= 15 is 0 Å². The highest BCUT2D eigenvalue weighted by atomic mass is 35.5. The van der Waals surface area contributed by atoms with Crippen LogP contribution in [0.1, 0.15) is 28.4 Å². The summed E-state index contributed by atoms with van der Waals surface area (Å²) in [4.78, 5) is 6.07. The number of hydrogen-bond acceptors (Lipinski definition) is 1. The minimum absolute atomic E-state index is 0.287. The second kappa shape index (κ2) is 5.15. The normalized spacial score (nSPS) is 18.6. The van der Waals surface area contributed by atoms with E-state index in [0.717, 1.165) is 18.0 Å². The molecule has 0 radical (unpaired) electrons. The van der Waals surface area contributed by atoms with Crippen LogP contribution in [0.4, 0.5) is 0 Å². The van der Waals surface area contributed by atoms with E-state index < -0.39 is 0 Å². The van der Waals surface area contributed by atoms with Gasteiger partial charge >= 0.3 is 0 Å². The average molecular weight is 311 g/mol. The fourth-order valence-corrected chi connectivity index (χ4v) is 3.81. The molecule has 1 unspecified atom stereocenters. The first-order valence-electron chi connectivity index (χ1n) is 7.70. The second-order valence-corrected chi connectivity index (χ2v) is 6.69. The molecule has 4 rings (SSSR count). The highest BCUT2D eigenvalue weighted by molar-refractivity contribution is 6.31. The standard InChI is InChI=1S/C19H19ClN2/c1-12-4-3-5-13(10-12)19-18-15(8-9-22(19)2)16-11-14(20)6-7-17(16)21-18/h3-7,10-11,19,21H,8-9H2,1-2H3. The first-order valence-corrected chi connectivity index (χ1v) is 8.08. The maximum Gasteiger partial charge on any atom is 0.0755 e. The molecule has 3 aromatic rings. The Labute approximate surface area is 135 Å². The summed E-state index contributed by atoms with van der Waals surface area (Å²) in [5, 5.41) is 2.08. The summed E-state index contributed by atoms with van der Waals surface area (Å²) in [5.41, 5.74) is 6.57. The molecule has 1 aliphatic heterocycles. The van der Waals surface area contributed by atoms with Gasteiger partial charge in [0.25, 0.3) is 0 Å². The predicted octanol–water partition coefficient (Wildman–Crippen LogP) is 4.71. The van der Waals surface area contributed by atoms with Crippen molar-refractivity contribution in [2.45, 2.75) is 19.4 Å². The van der Waals surface area contributed by atoms with Gasteiger partial charge in [0.15, 0.2) is 0 Å². The molecule has 0 saturated carbocycles. The number of nitrogens with zero attached hydrogens (tertiary/aromatic N) is 1. The van der Waals surface area contributed by atoms with Crippen molar-refractivity contribution in [3.63, 3.8) is 0 Å². The monoisotopic (exact) mass is 310 g/mol.